The van der Waals surface area contributed by atoms with E-state index in [0.29, 0.717) is 11.7 Å². The van der Waals surface area contributed by atoms with Gasteiger partial charge in [0.25, 0.3) is 0 Å². The highest BCUT2D eigenvalue weighted by Crippen LogP contribution is 2.30. The van der Waals surface area contributed by atoms with Crippen LogP contribution in [-0.4, -0.2) is 28.6 Å². The Kier molecular flexibility index (Phi) is 4.84. The Morgan fingerprint density at radius 2 is 1.96 bits per heavy atom. The summed E-state index contributed by atoms with van der Waals surface area (Å²) in [5.41, 5.74) is 3.05. The summed E-state index contributed by atoms with van der Waals surface area (Å²) >= 11 is 1.38. The van der Waals surface area contributed by atoms with Crippen LogP contribution in [-0.2, 0) is 15.0 Å². The molecule has 6 nitrogen and oxygen atoms in total. The molecule has 138 valence electrons. The van der Waals surface area contributed by atoms with Gasteiger partial charge in [-0.1, -0.05) is 38.2 Å². The van der Waals surface area contributed by atoms with Crippen LogP contribution in [0.4, 0.5) is 10.8 Å². The van der Waals surface area contributed by atoms with E-state index in [1.54, 1.807) is 4.90 Å². The van der Waals surface area contributed by atoms with Gasteiger partial charge >= 0.3 is 0 Å². The summed E-state index contributed by atoms with van der Waals surface area (Å²) in [5.74, 6) is -0.589. The van der Waals surface area contributed by atoms with Crippen molar-refractivity contribution in [3.8, 4) is 0 Å². The van der Waals surface area contributed by atoms with Crippen molar-refractivity contribution in [2.24, 2.45) is 5.92 Å². The highest BCUT2D eigenvalue weighted by Gasteiger charge is 2.35. The van der Waals surface area contributed by atoms with Crippen LogP contribution in [0.2, 0.25) is 0 Å². The van der Waals surface area contributed by atoms with Gasteiger partial charge in [-0.2, -0.15) is 0 Å². The number of aromatic nitrogens is 2. The zero-order chi connectivity index (χ0) is 19.1. The molecule has 1 aliphatic heterocycles. The summed E-state index contributed by atoms with van der Waals surface area (Å²) in [4.78, 5) is 26.7. The van der Waals surface area contributed by atoms with Gasteiger partial charge in [0.1, 0.15) is 5.01 Å². The number of hydrogen-bond acceptors (Lipinski definition) is 5. The Morgan fingerprint density at radius 1 is 1.23 bits per heavy atom. The molecule has 0 spiro atoms. The normalized spacial score (nSPS) is 17.7. The first-order valence-corrected chi connectivity index (χ1v) is 9.49. The van der Waals surface area contributed by atoms with Gasteiger partial charge in [-0.05, 0) is 37.1 Å². The van der Waals surface area contributed by atoms with Crippen molar-refractivity contribution in [3.05, 3.63) is 34.3 Å². The Bertz CT molecular complexity index is 853. The molecule has 1 unspecified atom stereocenters. The lowest BCUT2D eigenvalue weighted by molar-refractivity contribution is -0.122. The predicted molar refractivity (Wildman–Crippen MR) is 104 cm³/mol. The number of amides is 2. The van der Waals surface area contributed by atoms with Crippen molar-refractivity contribution in [2.45, 2.75) is 46.5 Å². The van der Waals surface area contributed by atoms with E-state index in [0.717, 1.165) is 16.3 Å². The van der Waals surface area contributed by atoms with Crippen LogP contribution in [0.5, 0.6) is 0 Å². The average Bonchev–Trinajstić information content (AvgIpc) is 3.16. The fraction of sp³-hybridized carbons (Fsp3) is 0.474. The minimum atomic E-state index is -0.383. The van der Waals surface area contributed by atoms with E-state index in [9.17, 15) is 9.59 Å². The minimum Gasteiger partial charge on any atom is -0.312 e. The third-order valence-corrected chi connectivity index (χ3v) is 5.86. The Labute approximate surface area is 157 Å². The minimum absolute atomic E-state index is 0.0268. The summed E-state index contributed by atoms with van der Waals surface area (Å²) in [6.07, 6.45) is 0.212. The largest absolute Gasteiger partial charge is 0.312 e. The molecule has 1 aromatic heterocycles. The van der Waals surface area contributed by atoms with Crippen molar-refractivity contribution in [3.63, 3.8) is 0 Å². The molecular formula is C19H24N4O2S. The first kappa shape index (κ1) is 18.5. The Hall–Kier alpha value is -2.28. The number of anilines is 2. The van der Waals surface area contributed by atoms with E-state index in [4.69, 9.17) is 0 Å². The first-order valence-electron chi connectivity index (χ1n) is 8.67. The van der Waals surface area contributed by atoms with E-state index in [-0.39, 0.29) is 29.6 Å². The van der Waals surface area contributed by atoms with Crippen LogP contribution in [0, 0.1) is 19.8 Å². The molecule has 0 bridgehead atoms. The van der Waals surface area contributed by atoms with Gasteiger partial charge in [0.15, 0.2) is 0 Å². The van der Waals surface area contributed by atoms with Gasteiger partial charge in [0.2, 0.25) is 16.9 Å². The van der Waals surface area contributed by atoms with Crippen LogP contribution >= 0.6 is 11.3 Å². The van der Waals surface area contributed by atoms with Gasteiger partial charge < -0.3 is 10.2 Å². The van der Waals surface area contributed by atoms with Crippen LogP contribution < -0.4 is 10.2 Å². The SMILES string of the molecule is Cc1ccc(N2CC(C(=O)Nc3nnc(C(C)(C)C)s3)CC2=O)cc1C. The second kappa shape index (κ2) is 6.79. The molecule has 0 saturated carbocycles. The molecule has 1 N–H and O–H groups in total. The Morgan fingerprint density at radius 3 is 2.58 bits per heavy atom. The van der Waals surface area contributed by atoms with E-state index >= 15 is 0 Å². The van der Waals surface area contributed by atoms with Crippen molar-refractivity contribution in [2.75, 3.05) is 16.8 Å². The second-order valence-corrected chi connectivity index (χ2v) is 8.80. The van der Waals surface area contributed by atoms with E-state index in [2.05, 4.69) is 36.3 Å². The van der Waals surface area contributed by atoms with Gasteiger partial charge in [0, 0.05) is 24.1 Å². The van der Waals surface area contributed by atoms with Gasteiger partial charge in [-0.3, -0.25) is 9.59 Å². The maximum absolute atomic E-state index is 12.6. The van der Waals surface area contributed by atoms with Crippen molar-refractivity contribution in [1.82, 2.24) is 10.2 Å². The lowest BCUT2D eigenvalue weighted by atomic mass is 9.98. The molecule has 1 atom stereocenters. The number of carbonyl (C=O) groups is 2. The molecule has 26 heavy (non-hydrogen) atoms. The highest BCUT2D eigenvalue weighted by molar-refractivity contribution is 7.15. The molecule has 2 aromatic rings. The maximum atomic E-state index is 12.6. The van der Waals surface area contributed by atoms with E-state index < -0.39 is 0 Å². The smallest absolute Gasteiger partial charge is 0.231 e. The Balaban J connectivity index is 1.69. The fourth-order valence-electron chi connectivity index (χ4n) is 2.81. The number of aryl methyl sites for hydroxylation is 2. The number of rotatable bonds is 3. The molecule has 1 saturated heterocycles. The topological polar surface area (TPSA) is 75.2 Å². The molecule has 3 rings (SSSR count). The third kappa shape index (κ3) is 3.77. The average molecular weight is 372 g/mol. The summed E-state index contributed by atoms with van der Waals surface area (Å²) in [7, 11) is 0. The molecule has 0 aliphatic carbocycles. The molecule has 1 aromatic carbocycles. The monoisotopic (exact) mass is 372 g/mol. The maximum Gasteiger partial charge on any atom is 0.231 e. The van der Waals surface area contributed by atoms with Crippen molar-refractivity contribution < 1.29 is 9.59 Å². The molecule has 7 heteroatoms. The molecule has 2 heterocycles. The van der Waals surface area contributed by atoms with E-state index in [1.165, 1.54) is 16.9 Å². The number of benzene rings is 1. The number of nitrogens with zero attached hydrogens (tertiary/aromatic N) is 3. The van der Waals surface area contributed by atoms with Crippen molar-refractivity contribution >= 4 is 34.0 Å². The van der Waals surface area contributed by atoms with Gasteiger partial charge in [-0.25, -0.2) is 0 Å². The van der Waals surface area contributed by atoms with Crippen LogP contribution in [0.3, 0.4) is 0 Å². The summed E-state index contributed by atoms with van der Waals surface area (Å²) in [5, 5.41) is 12.4. The zero-order valence-electron chi connectivity index (χ0n) is 15.8. The predicted octanol–water partition coefficient (Wildman–Crippen LogP) is 3.44. The number of carbonyl (C=O) groups excluding carboxylic acids is 2. The molecule has 1 aliphatic rings. The zero-order valence-corrected chi connectivity index (χ0v) is 16.6. The summed E-state index contributed by atoms with van der Waals surface area (Å²) < 4.78 is 0. The number of nitrogens with one attached hydrogen (secondary N) is 1. The fourth-order valence-corrected chi connectivity index (χ4v) is 3.61. The molecular weight excluding hydrogens is 348 g/mol. The lowest BCUT2D eigenvalue weighted by Crippen LogP contribution is -2.28. The standard InChI is InChI=1S/C19H24N4O2S/c1-11-6-7-14(8-12(11)2)23-10-13(9-15(23)24)16(25)20-18-22-21-17(26-18)19(3,4)5/h6-8,13H,9-10H2,1-5H3,(H,20,22,25). The quantitative estimate of drug-likeness (QED) is 0.895. The number of hydrogen-bond donors (Lipinski definition) is 1. The summed E-state index contributed by atoms with van der Waals surface area (Å²) in [6.45, 7) is 10.6. The van der Waals surface area contributed by atoms with Crippen LogP contribution in [0.15, 0.2) is 18.2 Å². The van der Waals surface area contributed by atoms with Gasteiger partial charge in [0.05, 0.1) is 5.92 Å². The molecule has 0 radical (unpaired) electrons. The third-order valence-electron chi connectivity index (χ3n) is 4.59. The second-order valence-electron chi connectivity index (χ2n) is 7.83. The van der Waals surface area contributed by atoms with Crippen LogP contribution in [0.1, 0.15) is 43.3 Å². The van der Waals surface area contributed by atoms with Gasteiger partial charge in [-0.15, -0.1) is 10.2 Å². The summed E-state index contributed by atoms with van der Waals surface area (Å²) in [6, 6.07) is 5.93. The lowest BCUT2D eigenvalue weighted by Gasteiger charge is -2.17. The molecule has 1 fully saturated rings. The van der Waals surface area contributed by atoms with E-state index in [1.807, 2.05) is 32.0 Å². The molecule has 2 amide bonds. The van der Waals surface area contributed by atoms with Crippen molar-refractivity contribution in [1.29, 1.82) is 0 Å². The first-order chi connectivity index (χ1) is 12.1. The van der Waals surface area contributed by atoms with Crippen LogP contribution in [0.25, 0.3) is 0 Å². The highest BCUT2D eigenvalue weighted by atomic mass is 32.1.